The molecule has 0 spiro atoms. The van der Waals surface area contributed by atoms with Gasteiger partial charge in [0.05, 0.1) is 5.75 Å². The number of nitrogens with one attached hydrogen (secondary N) is 1. The number of halogens is 1. The fourth-order valence-electron chi connectivity index (χ4n) is 2.70. The first-order valence-corrected chi connectivity index (χ1v) is 9.04. The monoisotopic (exact) mass is 359 g/mol. The lowest BCUT2D eigenvalue weighted by atomic mass is 10.1. The Bertz CT molecular complexity index is 777. The minimum Gasteiger partial charge on any atom is -0.455 e. The predicted molar refractivity (Wildman–Crippen MR) is 95.2 cm³/mol. The van der Waals surface area contributed by atoms with Gasteiger partial charge in [-0.15, -0.1) is 11.8 Å². The Morgan fingerprint density at radius 2 is 1.84 bits per heavy atom. The number of amides is 1. The maximum atomic E-state index is 12.8. The summed E-state index contributed by atoms with van der Waals surface area (Å²) in [5.41, 5.74) is 3.20. The van der Waals surface area contributed by atoms with Crippen molar-refractivity contribution in [2.45, 2.75) is 24.2 Å². The van der Waals surface area contributed by atoms with Gasteiger partial charge >= 0.3 is 5.97 Å². The van der Waals surface area contributed by atoms with Crippen LogP contribution in [0.2, 0.25) is 0 Å². The molecule has 1 amide bonds. The third-order valence-corrected chi connectivity index (χ3v) is 4.89. The van der Waals surface area contributed by atoms with Gasteiger partial charge in [-0.3, -0.25) is 9.59 Å². The number of thioether (sulfide) groups is 1. The Morgan fingerprint density at radius 1 is 1.08 bits per heavy atom. The Labute approximate surface area is 149 Å². The number of esters is 1. The Hall–Kier alpha value is -2.34. The standard InChI is InChI=1S/C19H18FNO3S/c20-15-5-7-16(8-6-15)21-18(22)11-24-19(23)12-25-17-9-4-13-2-1-3-14(13)10-17/h4-10H,1-3,11-12H2,(H,21,22). The third kappa shape index (κ3) is 5.06. The van der Waals surface area contributed by atoms with Crippen LogP contribution in [0.4, 0.5) is 10.1 Å². The average molecular weight is 359 g/mol. The molecular formula is C19H18FNO3S. The van der Waals surface area contributed by atoms with E-state index in [1.807, 2.05) is 6.07 Å². The minimum absolute atomic E-state index is 0.155. The van der Waals surface area contributed by atoms with E-state index >= 15 is 0 Å². The van der Waals surface area contributed by atoms with E-state index in [1.54, 1.807) is 0 Å². The summed E-state index contributed by atoms with van der Waals surface area (Å²) in [6.45, 7) is -0.360. The van der Waals surface area contributed by atoms with Crippen LogP contribution in [0.25, 0.3) is 0 Å². The summed E-state index contributed by atoms with van der Waals surface area (Å²) in [4.78, 5) is 24.5. The zero-order valence-electron chi connectivity index (χ0n) is 13.6. The molecule has 0 atom stereocenters. The summed E-state index contributed by atoms with van der Waals surface area (Å²) in [6.07, 6.45) is 3.41. The van der Waals surface area contributed by atoms with Crippen LogP contribution in [0.15, 0.2) is 47.4 Å². The van der Waals surface area contributed by atoms with E-state index < -0.39 is 11.9 Å². The largest absolute Gasteiger partial charge is 0.455 e. The lowest BCUT2D eigenvalue weighted by Crippen LogP contribution is -2.21. The van der Waals surface area contributed by atoms with Crippen molar-refractivity contribution in [3.05, 3.63) is 59.4 Å². The summed E-state index contributed by atoms with van der Waals surface area (Å²) in [7, 11) is 0. The van der Waals surface area contributed by atoms with E-state index in [0.29, 0.717) is 5.69 Å². The van der Waals surface area contributed by atoms with Crippen LogP contribution in [0.5, 0.6) is 0 Å². The van der Waals surface area contributed by atoms with Crippen molar-refractivity contribution in [3.8, 4) is 0 Å². The zero-order valence-corrected chi connectivity index (χ0v) is 14.4. The second-order valence-electron chi connectivity index (χ2n) is 5.79. The van der Waals surface area contributed by atoms with Crippen LogP contribution in [0, 0.1) is 5.82 Å². The molecule has 3 rings (SSSR count). The summed E-state index contributed by atoms with van der Waals surface area (Å²) < 4.78 is 17.8. The molecular weight excluding hydrogens is 341 g/mol. The van der Waals surface area contributed by atoms with Gasteiger partial charge in [-0.2, -0.15) is 0 Å². The number of hydrogen-bond donors (Lipinski definition) is 1. The van der Waals surface area contributed by atoms with Crippen LogP contribution in [-0.2, 0) is 27.2 Å². The Kier molecular flexibility index (Phi) is 5.71. The van der Waals surface area contributed by atoms with Crippen molar-refractivity contribution in [1.82, 2.24) is 0 Å². The molecule has 0 heterocycles. The van der Waals surface area contributed by atoms with E-state index in [4.69, 9.17) is 4.74 Å². The normalized spacial score (nSPS) is 12.5. The first-order chi connectivity index (χ1) is 12.1. The number of ether oxygens (including phenoxy) is 1. The molecule has 6 heteroatoms. The molecule has 2 aromatic rings. The first kappa shape index (κ1) is 17.5. The average Bonchev–Trinajstić information content (AvgIpc) is 3.08. The maximum absolute atomic E-state index is 12.8. The first-order valence-electron chi connectivity index (χ1n) is 8.06. The van der Waals surface area contributed by atoms with Crippen molar-refractivity contribution in [1.29, 1.82) is 0 Å². The van der Waals surface area contributed by atoms with Crippen molar-refractivity contribution in [3.63, 3.8) is 0 Å². The number of carbonyl (C=O) groups excluding carboxylic acids is 2. The molecule has 0 saturated carbocycles. The van der Waals surface area contributed by atoms with Gasteiger partial charge in [0.2, 0.25) is 0 Å². The topological polar surface area (TPSA) is 55.4 Å². The Balaban J connectivity index is 1.40. The summed E-state index contributed by atoms with van der Waals surface area (Å²) in [5.74, 6) is -1.13. The van der Waals surface area contributed by atoms with Gasteiger partial charge in [0.25, 0.3) is 5.91 Å². The fourth-order valence-corrected chi connectivity index (χ4v) is 3.46. The lowest BCUT2D eigenvalue weighted by molar-refractivity contribution is -0.144. The highest BCUT2D eigenvalue weighted by atomic mass is 32.2. The molecule has 0 fully saturated rings. The molecule has 4 nitrogen and oxygen atoms in total. The van der Waals surface area contributed by atoms with E-state index in [-0.39, 0.29) is 18.2 Å². The van der Waals surface area contributed by atoms with Crippen LogP contribution in [0.1, 0.15) is 17.5 Å². The zero-order chi connectivity index (χ0) is 17.6. The predicted octanol–water partition coefficient (Wildman–Crippen LogP) is 3.59. The minimum atomic E-state index is -0.456. The van der Waals surface area contributed by atoms with Gasteiger partial charge < -0.3 is 10.1 Å². The maximum Gasteiger partial charge on any atom is 0.316 e. The van der Waals surface area contributed by atoms with Crippen molar-refractivity contribution < 1.29 is 18.7 Å². The van der Waals surface area contributed by atoms with Gasteiger partial charge in [0, 0.05) is 10.6 Å². The van der Waals surface area contributed by atoms with Gasteiger partial charge in [-0.1, -0.05) is 6.07 Å². The van der Waals surface area contributed by atoms with Crippen LogP contribution in [-0.4, -0.2) is 24.2 Å². The molecule has 25 heavy (non-hydrogen) atoms. The second kappa shape index (κ2) is 8.16. The number of carbonyl (C=O) groups is 2. The third-order valence-electron chi connectivity index (χ3n) is 3.92. The SMILES string of the molecule is O=C(COC(=O)CSc1ccc2c(c1)CCC2)Nc1ccc(F)cc1. The number of hydrogen-bond acceptors (Lipinski definition) is 4. The van der Waals surface area contributed by atoms with E-state index in [9.17, 15) is 14.0 Å². The van der Waals surface area contributed by atoms with Gasteiger partial charge in [0.1, 0.15) is 5.82 Å². The van der Waals surface area contributed by atoms with Gasteiger partial charge in [-0.05, 0) is 66.8 Å². The van der Waals surface area contributed by atoms with Crippen molar-refractivity contribution in [2.75, 3.05) is 17.7 Å². The fraction of sp³-hybridized carbons (Fsp3) is 0.263. The highest BCUT2D eigenvalue weighted by Gasteiger charge is 2.13. The molecule has 130 valence electrons. The van der Waals surface area contributed by atoms with Crippen molar-refractivity contribution >= 4 is 29.3 Å². The number of rotatable bonds is 6. The molecule has 0 aliphatic heterocycles. The highest BCUT2D eigenvalue weighted by molar-refractivity contribution is 8.00. The van der Waals surface area contributed by atoms with Gasteiger partial charge in [0.15, 0.2) is 6.61 Å². The highest BCUT2D eigenvalue weighted by Crippen LogP contribution is 2.27. The molecule has 0 radical (unpaired) electrons. The molecule has 0 bridgehead atoms. The number of benzene rings is 2. The second-order valence-corrected chi connectivity index (χ2v) is 6.84. The molecule has 0 saturated heterocycles. The number of anilines is 1. The molecule has 1 aliphatic carbocycles. The molecule has 2 aromatic carbocycles. The quantitative estimate of drug-likeness (QED) is 0.633. The summed E-state index contributed by atoms with van der Waals surface area (Å²) in [6, 6.07) is 11.6. The lowest BCUT2D eigenvalue weighted by Gasteiger charge is -2.07. The van der Waals surface area contributed by atoms with Crippen LogP contribution >= 0.6 is 11.8 Å². The Morgan fingerprint density at radius 3 is 2.64 bits per heavy atom. The number of aryl methyl sites for hydroxylation is 2. The van der Waals surface area contributed by atoms with E-state index in [0.717, 1.165) is 17.7 Å². The van der Waals surface area contributed by atoms with E-state index in [2.05, 4.69) is 17.4 Å². The van der Waals surface area contributed by atoms with E-state index in [1.165, 1.54) is 53.6 Å². The molecule has 1 aliphatic rings. The smallest absolute Gasteiger partial charge is 0.316 e. The molecule has 0 aromatic heterocycles. The van der Waals surface area contributed by atoms with Gasteiger partial charge in [-0.25, -0.2) is 4.39 Å². The molecule has 1 N–H and O–H groups in total. The van der Waals surface area contributed by atoms with Crippen molar-refractivity contribution in [2.24, 2.45) is 0 Å². The van der Waals surface area contributed by atoms with Crippen LogP contribution < -0.4 is 5.32 Å². The van der Waals surface area contributed by atoms with Crippen LogP contribution in [0.3, 0.4) is 0 Å². The molecule has 0 unspecified atom stereocenters. The summed E-state index contributed by atoms with van der Waals surface area (Å²) >= 11 is 1.40. The summed E-state index contributed by atoms with van der Waals surface area (Å²) in [5, 5.41) is 2.54. The number of fused-ring (bicyclic) bond motifs is 1.